The molecule has 0 aliphatic heterocycles. The van der Waals surface area contributed by atoms with Crippen LogP contribution in [0, 0.1) is 0 Å². The third kappa shape index (κ3) is 3.98. The Hall–Kier alpha value is -1.09. The lowest BCUT2D eigenvalue weighted by Gasteiger charge is -1.98. The maximum absolute atomic E-state index is 9.22. The van der Waals surface area contributed by atoms with E-state index in [0.717, 1.165) is 23.4 Å². The SMILES string of the molecule is COS(=O)(=O)[O-].CSc1oc2ccccc2[n+]1C. The van der Waals surface area contributed by atoms with E-state index in [1.165, 1.54) is 0 Å². The summed E-state index contributed by atoms with van der Waals surface area (Å²) in [7, 11) is -1.59. The van der Waals surface area contributed by atoms with Gasteiger partial charge in [0.05, 0.1) is 7.11 Å². The van der Waals surface area contributed by atoms with Gasteiger partial charge in [-0.15, -0.1) is 0 Å². The summed E-state index contributed by atoms with van der Waals surface area (Å²) in [4.78, 5) is 0. The molecule has 2 aromatic rings. The summed E-state index contributed by atoms with van der Waals surface area (Å²) in [5.41, 5.74) is 2.09. The highest BCUT2D eigenvalue weighted by atomic mass is 32.3. The van der Waals surface area contributed by atoms with E-state index in [1.54, 1.807) is 11.8 Å². The van der Waals surface area contributed by atoms with Gasteiger partial charge in [0.25, 0.3) is 5.52 Å². The number of aromatic nitrogens is 1. The zero-order chi connectivity index (χ0) is 13.8. The van der Waals surface area contributed by atoms with Crippen LogP contribution in [-0.4, -0.2) is 26.3 Å². The molecule has 6 nitrogen and oxygen atoms in total. The van der Waals surface area contributed by atoms with E-state index >= 15 is 0 Å². The highest BCUT2D eigenvalue weighted by molar-refractivity contribution is 7.98. The van der Waals surface area contributed by atoms with E-state index in [4.69, 9.17) is 4.42 Å². The summed E-state index contributed by atoms with van der Waals surface area (Å²) < 4.78 is 38.7. The van der Waals surface area contributed by atoms with Crippen molar-refractivity contribution >= 4 is 33.3 Å². The first-order chi connectivity index (χ1) is 8.39. The molecule has 0 fully saturated rings. The van der Waals surface area contributed by atoms with Crippen molar-refractivity contribution in [3.8, 4) is 0 Å². The number of rotatable bonds is 2. The lowest BCUT2D eigenvalue weighted by Crippen LogP contribution is -2.28. The van der Waals surface area contributed by atoms with Gasteiger partial charge in [-0.2, -0.15) is 4.57 Å². The number of hydrogen-bond donors (Lipinski definition) is 0. The molecule has 1 heterocycles. The molecule has 2 rings (SSSR count). The third-order valence-corrected chi connectivity index (χ3v) is 3.19. The van der Waals surface area contributed by atoms with E-state index < -0.39 is 10.4 Å². The number of thioether (sulfide) groups is 1. The third-order valence-electron chi connectivity index (χ3n) is 2.08. The Morgan fingerprint density at radius 3 is 2.39 bits per heavy atom. The molecule has 0 saturated carbocycles. The van der Waals surface area contributed by atoms with Gasteiger partial charge in [0.15, 0.2) is 0 Å². The molecule has 8 heteroatoms. The quantitative estimate of drug-likeness (QED) is 0.356. The molecular formula is C10H13NO5S2. The van der Waals surface area contributed by atoms with E-state index in [0.29, 0.717) is 0 Å². The van der Waals surface area contributed by atoms with Crippen molar-refractivity contribution in [3.63, 3.8) is 0 Å². The van der Waals surface area contributed by atoms with E-state index in [9.17, 15) is 13.0 Å². The monoisotopic (exact) mass is 291 g/mol. The van der Waals surface area contributed by atoms with Crippen molar-refractivity contribution in [1.29, 1.82) is 0 Å². The van der Waals surface area contributed by atoms with Crippen LogP contribution in [0.1, 0.15) is 0 Å². The molecule has 0 saturated heterocycles. The van der Waals surface area contributed by atoms with Gasteiger partial charge in [-0.05, 0) is 24.1 Å². The fraction of sp³-hybridized carbons (Fsp3) is 0.300. The van der Waals surface area contributed by atoms with Crippen LogP contribution in [0.15, 0.2) is 33.9 Å². The predicted octanol–water partition coefficient (Wildman–Crippen LogP) is 1.07. The first-order valence-electron chi connectivity index (χ1n) is 4.82. The molecular weight excluding hydrogens is 278 g/mol. The van der Waals surface area contributed by atoms with Crippen LogP contribution in [0.3, 0.4) is 0 Å². The van der Waals surface area contributed by atoms with Gasteiger partial charge >= 0.3 is 5.22 Å². The van der Waals surface area contributed by atoms with Gasteiger partial charge in [-0.25, -0.2) is 8.42 Å². The minimum absolute atomic E-state index is 0.808. The lowest BCUT2D eigenvalue weighted by atomic mass is 10.3. The highest BCUT2D eigenvalue weighted by Gasteiger charge is 2.16. The first kappa shape index (κ1) is 15.0. The van der Waals surface area contributed by atoms with Gasteiger partial charge in [-0.1, -0.05) is 12.1 Å². The van der Waals surface area contributed by atoms with Crippen molar-refractivity contribution in [2.75, 3.05) is 13.4 Å². The van der Waals surface area contributed by atoms with Gasteiger partial charge in [-0.3, -0.25) is 4.18 Å². The minimum atomic E-state index is -4.41. The van der Waals surface area contributed by atoms with Crippen molar-refractivity contribution in [2.45, 2.75) is 5.22 Å². The maximum atomic E-state index is 9.22. The van der Waals surface area contributed by atoms with Crippen molar-refractivity contribution in [2.24, 2.45) is 7.05 Å². The van der Waals surface area contributed by atoms with Crippen LogP contribution < -0.4 is 4.57 Å². The summed E-state index contributed by atoms with van der Waals surface area (Å²) in [5, 5.41) is 0.941. The number of para-hydroxylation sites is 2. The molecule has 1 aromatic carbocycles. The Morgan fingerprint density at radius 2 is 1.94 bits per heavy atom. The van der Waals surface area contributed by atoms with Gasteiger partial charge in [0.2, 0.25) is 16.0 Å². The molecule has 1 aromatic heterocycles. The van der Waals surface area contributed by atoms with Gasteiger partial charge in [0.1, 0.15) is 7.05 Å². The van der Waals surface area contributed by atoms with Gasteiger partial charge in [0, 0.05) is 6.07 Å². The van der Waals surface area contributed by atoms with Crippen LogP contribution >= 0.6 is 11.8 Å². The average molecular weight is 291 g/mol. The average Bonchev–Trinajstić information content (AvgIpc) is 2.67. The lowest BCUT2D eigenvalue weighted by molar-refractivity contribution is -0.692. The summed E-state index contributed by atoms with van der Waals surface area (Å²) in [6.07, 6.45) is 2.01. The number of fused-ring (bicyclic) bond motifs is 1. The number of nitrogens with zero attached hydrogens (tertiary/aromatic N) is 1. The number of benzene rings is 1. The van der Waals surface area contributed by atoms with Gasteiger partial charge < -0.3 is 8.97 Å². The molecule has 100 valence electrons. The Balaban J connectivity index is 0.000000232. The molecule has 0 radical (unpaired) electrons. The fourth-order valence-corrected chi connectivity index (χ4v) is 1.81. The second-order valence-electron chi connectivity index (χ2n) is 3.17. The van der Waals surface area contributed by atoms with E-state index in [2.05, 4.69) is 14.8 Å². The topological polar surface area (TPSA) is 83.5 Å². The van der Waals surface area contributed by atoms with E-state index in [1.807, 2.05) is 31.5 Å². The largest absolute Gasteiger partial charge is 0.726 e. The molecule has 0 unspecified atom stereocenters. The standard InChI is InChI=1S/C9H10NOS.CH4O4S/c1-10-7-5-3-4-6-8(7)11-9(10)12-2;1-5-6(2,3)4/h3-6H,1-2H3;1H3,(H,2,3,4)/q+1;/p-1. The van der Waals surface area contributed by atoms with Crippen LogP contribution in [0.25, 0.3) is 11.1 Å². The van der Waals surface area contributed by atoms with Crippen LogP contribution in [0.2, 0.25) is 0 Å². The molecule has 0 atom stereocenters. The normalized spacial score (nSPS) is 11.1. The van der Waals surface area contributed by atoms with Crippen LogP contribution in [0.5, 0.6) is 0 Å². The second-order valence-corrected chi connectivity index (χ2v) is 5.08. The Kier molecular flexibility index (Phi) is 5.15. The molecule has 0 spiro atoms. The molecule has 0 aliphatic carbocycles. The number of hydrogen-bond acceptors (Lipinski definition) is 6. The summed E-state index contributed by atoms with van der Waals surface area (Å²) >= 11 is 1.62. The molecule has 18 heavy (non-hydrogen) atoms. The summed E-state index contributed by atoms with van der Waals surface area (Å²) in [6, 6.07) is 8.03. The first-order valence-corrected chi connectivity index (χ1v) is 7.38. The maximum Gasteiger partial charge on any atom is 0.411 e. The van der Waals surface area contributed by atoms with E-state index in [-0.39, 0.29) is 0 Å². The Bertz CT molecular complexity index is 620. The predicted molar refractivity (Wildman–Crippen MR) is 65.9 cm³/mol. The Morgan fingerprint density at radius 1 is 1.39 bits per heavy atom. The Labute approximate surface area is 110 Å². The fourth-order valence-electron chi connectivity index (χ4n) is 1.26. The minimum Gasteiger partial charge on any atom is -0.726 e. The molecule has 0 amide bonds. The van der Waals surface area contributed by atoms with Crippen molar-refractivity contribution in [1.82, 2.24) is 0 Å². The number of oxazole rings is 1. The molecule has 0 bridgehead atoms. The van der Waals surface area contributed by atoms with Crippen molar-refractivity contribution in [3.05, 3.63) is 24.3 Å². The summed E-state index contributed by atoms with van der Waals surface area (Å²) in [5.74, 6) is 0. The molecule has 0 aliphatic rings. The highest BCUT2D eigenvalue weighted by Crippen LogP contribution is 2.18. The number of aryl methyl sites for hydroxylation is 1. The van der Waals surface area contributed by atoms with Crippen molar-refractivity contribution < 1.29 is 26.1 Å². The molecule has 0 N–H and O–H groups in total. The van der Waals surface area contributed by atoms with Crippen LogP contribution in [-0.2, 0) is 21.6 Å². The second kappa shape index (κ2) is 6.19. The van der Waals surface area contributed by atoms with Crippen LogP contribution in [0.4, 0.5) is 0 Å². The summed E-state index contributed by atoms with van der Waals surface area (Å²) in [6.45, 7) is 0. The zero-order valence-electron chi connectivity index (χ0n) is 10.1. The zero-order valence-corrected chi connectivity index (χ0v) is 11.7. The smallest absolute Gasteiger partial charge is 0.411 e.